The van der Waals surface area contributed by atoms with Gasteiger partial charge < -0.3 is 14.8 Å². The summed E-state index contributed by atoms with van der Waals surface area (Å²) in [5, 5.41) is 3.86. The van der Waals surface area contributed by atoms with Gasteiger partial charge in [-0.05, 0) is 54.7 Å². The van der Waals surface area contributed by atoms with Crippen molar-refractivity contribution in [1.82, 2.24) is 5.06 Å². The van der Waals surface area contributed by atoms with E-state index >= 15 is 0 Å². The standard InChI is InChI=1S/C21H26N2O4/c1-14(18-19-15(7-6-12-26-19)13-21(18,2)3)27-17-10-8-16(9-11-17)22-20(24)23(4)25-5/h6-12,14H,13H2,1-5H3,(H,22,24). The number of hydrogen-bond acceptors (Lipinski definition) is 4. The SMILES string of the molecule is CON(C)C(=O)Nc1ccc(OC(C)C2=C3OC=CC=C3CC2(C)C)cc1. The van der Waals surface area contributed by atoms with E-state index < -0.39 is 0 Å². The van der Waals surface area contributed by atoms with Gasteiger partial charge in [0.2, 0.25) is 0 Å². The number of nitrogens with one attached hydrogen (secondary N) is 1. The number of fused-ring (bicyclic) bond motifs is 1. The number of carbonyl (C=O) groups is 1. The maximum atomic E-state index is 11.8. The van der Waals surface area contributed by atoms with Crippen molar-refractivity contribution < 1.29 is 19.1 Å². The van der Waals surface area contributed by atoms with Crippen LogP contribution in [-0.4, -0.2) is 31.4 Å². The highest BCUT2D eigenvalue weighted by molar-refractivity contribution is 5.88. The molecule has 1 aromatic rings. The number of hydroxylamine groups is 2. The lowest BCUT2D eigenvalue weighted by molar-refractivity contribution is -0.0598. The van der Waals surface area contributed by atoms with Crippen LogP contribution in [0.2, 0.25) is 0 Å². The minimum atomic E-state index is -0.346. The van der Waals surface area contributed by atoms with E-state index in [-0.39, 0.29) is 17.6 Å². The molecule has 0 saturated heterocycles. The molecule has 0 radical (unpaired) electrons. The molecule has 1 heterocycles. The Hall–Kier alpha value is -2.73. The molecule has 27 heavy (non-hydrogen) atoms. The normalized spacial score (nSPS) is 18.3. The Kier molecular flexibility index (Phi) is 5.28. The summed E-state index contributed by atoms with van der Waals surface area (Å²) in [5.41, 5.74) is 3.02. The molecule has 1 aromatic carbocycles. The van der Waals surface area contributed by atoms with Gasteiger partial charge in [-0.25, -0.2) is 9.86 Å². The van der Waals surface area contributed by atoms with E-state index in [9.17, 15) is 4.79 Å². The molecule has 6 heteroatoms. The number of nitrogens with zero attached hydrogens (tertiary/aromatic N) is 1. The Balaban J connectivity index is 1.71. The minimum Gasteiger partial charge on any atom is -0.486 e. The van der Waals surface area contributed by atoms with Gasteiger partial charge in [-0.15, -0.1) is 0 Å². The fraction of sp³-hybridized carbons (Fsp3) is 0.381. The van der Waals surface area contributed by atoms with Crippen molar-refractivity contribution >= 4 is 11.7 Å². The lowest BCUT2D eigenvalue weighted by Gasteiger charge is -2.27. The largest absolute Gasteiger partial charge is 0.486 e. The van der Waals surface area contributed by atoms with Crippen LogP contribution in [-0.2, 0) is 9.57 Å². The van der Waals surface area contributed by atoms with E-state index in [0.29, 0.717) is 5.69 Å². The minimum absolute atomic E-state index is 0.0226. The van der Waals surface area contributed by atoms with Crippen molar-refractivity contribution in [1.29, 1.82) is 0 Å². The van der Waals surface area contributed by atoms with E-state index in [1.54, 1.807) is 18.4 Å². The van der Waals surface area contributed by atoms with Crippen LogP contribution in [0.5, 0.6) is 5.75 Å². The topological polar surface area (TPSA) is 60.0 Å². The number of anilines is 1. The maximum Gasteiger partial charge on any atom is 0.345 e. The number of rotatable bonds is 5. The highest BCUT2D eigenvalue weighted by atomic mass is 16.7. The first-order valence-corrected chi connectivity index (χ1v) is 8.95. The van der Waals surface area contributed by atoms with Gasteiger partial charge >= 0.3 is 6.03 Å². The van der Waals surface area contributed by atoms with Gasteiger partial charge in [0.1, 0.15) is 17.6 Å². The van der Waals surface area contributed by atoms with Crippen LogP contribution in [0.1, 0.15) is 27.2 Å². The fourth-order valence-electron chi connectivity index (χ4n) is 3.57. The quantitative estimate of drug-likeness (QED) is 0.768. The predicted octanol–water partition coefficient (Wildman–Crippen LogP) is 4.63. The Bertz CT molecular complexity index is 806. The van der Waals surface area contributed by atoms with Crippen molar-refractivity contribution in [3.63, 3.8) is 0 Å². The van der Waals surface area contributed by atoms with Crippen molar-refractivity contribution in [2.45, 2.75) is 33.3 Å². The van der Waals surface area contributed by atoms with Crippen LogP contribution in [0.25, 0.3) is 0 Å². The number of benzene rings is 1. The molecule has 2 amide bonds. The lowest BCUT2D eigenvalue weighted by Crippen LogP contribution is -2.30. The summed E-state index contributed by atoms with van der Waals surface area (Å²) in [4.78, 5) is 16.7. The van der Waals surface area contributed by atoms with Crippen LogP contribution in [0.15, 0.2) is 59.6 Å². The number of amides is 2. The Labute approximate surface area is 160 Å². The summed E-state index contributed by atoms with van der Waals surface area (Å²) in [7, 11) is 2.97. The molecular weight excluding hydrogens is 344 g/mol. The second kappa shape index (κ2) is 7.48. The van der Waals surface area contributed by atoms with E-state index in [1.807, 2.05) is 25.1 Å². The molecule has 0 spiro atoms. The highest BCUT2D eigenvalue weighted by Crippen LogP contribution is 2.49. The zero-order valence-corrected chi connectivity index (χ0v) is 16.4. The third-order valence-corrected chi connectivity index (χ3v) is 4.84. The Morgan fingerprint density at radius 2 is 2.00 bits per heavy atom. The molecule has 144 valence electrons. The molecule has 1 aliphatic heterocycles. The van der Waals surface area contributed by atoms with Crippen LogP contribution >= 0.6 is 0 Å². The number of urea groups is 1. The average molecular weight is 370 g/mol. The van der Waals surface area contributed by atoms with Crippen LogP contribution in [0.4, 0.5) is 10.5 Å². The molecule has 0 fully saturated rings. The summed E-state index contributed by atoms with van der Waals surface area (Å²) in [5.74, 6) is 1.66. The molecule has 2 aliphatic rings. The Morgan fingerprint density at radius 3 is 2.67 bits per heavy atom. The van der Waals surface area contributed by atoms with Crippen LogP contribution in [0.3, 0.4) is 0 Å². The lowest BCUT2D eigenvalue weighted by atomic mass is 9.83. The smallest absolute Gasteiger partial charge is 0.345 e. The fourth-order valence-corrected chi connectivity index (χ4v) is 3.57. The summed E-state index contributed by atoms with van der Waals surface area (Å²) in [6.07, 6.45) is 6.55. The van der Waals surface area contributed by atoms with Gasteiger partial charge in [0.05, 0.1) is 13.4 Å². The summed E-state index contributed by atoms with van der Waals surface area (Å²) < 4.78 is 12.0. The highest BCUT2D eigenvalue weighted by Gasteiger charge is 2.41. The summed E-state index contributed by atoms with van der Waals surface area (Å²) in [6.45, 7) is 6.46. The van der Waals surface area contributed by atoms with Gasteiger partial charge in [0, 0.05) is 18.3 Å². The molecule has 1 atom stereocenters. The van der Waals surface area contributed by atoms with Gasteiger partial charge in [0.25, 0.3) is 0 Å². The number of ether oxygens (including phenoxy) is 2. The number of allylic oxidation sites excluding steroid dienone is 3. The zero-order chi connectivity index (χ0) is 19.6. The molecule has 6 nitrogen and oxygen atoms in total. The molecule has 1 unspecified atom stereocenters. The first-order valence-electron chi connectivity index (χ1n) is 8.95. The van der Waals surface area contributed by atoms with Crippen molar-refractivity contribution in [3.05, 3.63) is 59.6 Å². The third kappa shape index (κ3) is 4.01. The predicted molar refractivity (Wildman–Crippen MR) is 104 cm³/mol. The van der Waals surface area contributed by atoms with E-state index in [1.165, 1.54) is 19.7 Å². The van der Waals surface area contributed by atoms with Crippen molar-refractivity contribution in [2.75, 3.05) is 19.5 Å². The second-order valence-corrected chi connectivity index (χ2v) is 7.34. The van der Waals surface area contributed by atoms with E-state index in [2.05, 4.69) is 25.2 Å². The molecule has 0 saturated carbocycles. The number of carbonyl (C=O) groups excluding carboxylic acids is 1. The van der Waals surface area contributed by atoms with E-state index in [4.69, 9.17) is 14.3 Å². The van der Waals surface area contributed by atoms with E-state index in [0.717, 1.165) is 28.6 Å². The van der Waals surface area contributed by atoms with Crippen LogP contribution < -0.4 is 10.1 Å². The van der Waals surface area contributed by atoms with Gasteiger partial charge in [-0.1, -0.05) is 19.9 Å². The zero-order valence-electron chi connectivity index (χ0n) is 16.4. The molecule has 0 bridgehead atoms. The molecule has 3 rings (SSSR count). The third-order valence-electron chi connectivity index (χ3n) is 4.84. The van der Waals surface area contributed by atoms with Crippen molar-refractivity contribution in [2.24, 2.45) is 5.41 Å². The summed E-state index contributed by atoms with van der Waals surface area (Å²) >= 11 is 0. The number of hydrogen-bond donors (Lipinski definition) is 1. The molecular formula is C21H26N2O4. The first kappa shape index (κ1) is 19.0. The molecule has 1 N–H and O–H groups in total. The van der Waals surface area contributed by atoms with Gasteiger partial charge in [0.15, 0.2) is 0 Å². The Morgan fingerprint density at radius 1 is 1.30 bits per heavy atom. The maximum absolute atomic E-state index is 11.8. The van der Waals surface area contributed by atoms with Gasteiger partial charge in [-0.2, -0.15) is 0 Å². The average Bonchev–Trinajstić information content (AvgIpc) is 2.92. The second-order valence-electron chi connectivity index (χ2n) is 7.34. The monoisotopic (exact) mass is 370 g/mol. The molecule has 1 aliphatic carbocycles. The van der Waals surface area contributed by atoms with Crippen LogP contribution in [0, 0.1) is 5.41 Å². The summed E-state index contributed by atoms with van der Waals surface area (Å²) in [6, 6.07) is 6.92. The van der Waals surface area contributed by atoms with Crippen molar-refractivity contribution in [3.8, 4) is 5.75 Å². The van der Waals surface area contributed by atoms with Gasteiger partial charge in [-0.3, -0.25) is 4.84 Å². The molecule has 0 aromatic heterocycles. The first-order chi connectivity index (χ1) is 12.8.